The summed E-state index contributed by atoms with van der Waals surface area (Å²) in [5.74, 6) is 1.37. The minimum absolute atomic E-state index is 0.373. The summed E-state index contributed by atoms with van der Waals surface area (Å²) in [6.07, 6.45) is 0.877. The second-order valence-corrected chi connectivity index (χ2v) is 4.13. The van der Waals surface area contributed by atoms with Gasteiger partial charge in [0.1, 0.15) is 5.75 Å². The zero-order chi connectivity index (χ0) is 14.4. The van der Waals surface area contributed by atoms with Crippen molar-refractivity contribution in [3.63, 3.8) is 0 Å². The largest absolute Gasteiger partial charge is 0.476 e. The van der Waals surface area contributed by atoms with Crippen molar-refractivity contribution in [3.05, 3.63) is 42.0 Å². The molecule has 0 aliphatic heterocycles. The number of anilines is 1. The Labute approximate surface area is 117 Å². The Morgan fingerprint density at radius 3 is 2.60 bits per heavy atom. The van der Waals surface area contributed by atoms with Crippen LogP contribution >= 0.6 is 0 Å². The highest BCUT2D eigenvalue weighted by molar-refractivity contribution is 5.49. The summed E-state index contributed by atoms with van der Waals surface area (Å²) in [6.45, 7) is 2.56. The van der Waals surface area contributed by atoms with Crippen LogP contribution in [0.5, 0.6) is 17.5 Å². The molecule has 5 heteroatoms. The van der Waals surface area contributed by atoms with Crippen LogP contribution in [0, 0.1) is 11.3 Å². The number of nitriles is 1. The van der Waals surface area contributed by atoms with Crippen LogP contribution in [0.2, 0.25) is 0 Å². The lowest BCUT2D eigenvalue weighted by Crippen LogP contribution is -2.02. The monoisotopic (exact) mass is 269 g/mol. The van der Waals surface area contributed by atoms with Crippen LogP contribution in [-0.4, -0.2) is 11.6 Å². The first-order valence-corrected chi connectivity index (χ1v) is 6.30. The van der Waals surface area contributed by atoms with Gasteiger partial charge in [0, 0.05) is 6.07 Å². The molecule has 0 spiro atoms. The van der Waals surface area contributed by atoms with Crippen LogP contribution in [0.15, 0.2) is 36.4 Å². The number of nitrogens with zero attached hydrogens (tertiary/aromatic N) is 2. The fourth-order valence-electron chi connectivity index (χ4n) is 1.52. The molecule has 102 valence electrons. The Morgan fingerprint density at radius 1 is 1.20 bits per heavy atom. The predicted molar refractivity (Wildman–Crippen MR) is 75.7 cm³/mol. The van der Waals surface area contributed by atoms with Crippen molar-refractivity contribution in [3.8, 4) is 23.6 Å². The van der Waals surface area contributed by atoms with Gasteiger partial charge in [-0.2, -0.15) is 10.2 Å². The highest BCUT2D eigenvalue weighted by atomic mass is 16.5. The van der Waals surface area contributed by atoms with E-state index in [4.69, 9.17) is 20.5 Å². The van der Waals surface area contributed by atoms with Gasteiger partial charge in [0.25, 0.3) is 0 Å². The molecule has 0 aliphatic rings. The van der Waals surface area contributed by atoms with E-state index < -0.39 is 0 Å². The van der Waals surface area contributed by atoms with Gasteiger partial charge >= 0.3 is 0 Å². The van der Waals surface area contributed by atoms with Crippen LogP contribution in [0.4, 0.5) is 5.69 Å². The molecule has 1 heterocycles. The van der Waals surface area contributed by atoms with E-state index in [-0.39, 0.29) is 0 Å². The smallest absolute Gasteiger partial charge is 0.240 e. The molecule has 0 unspecified atom stereocenters. The standard InChI is InChI=1S/C15H15N3O2/c1-2-9-19-15-13(17)7-8-14(18-15)20-12-5-3-11(10-16)4-6-12/h3-8H,2,9,17H2,1H3. The molecule has 0 atom stereocenters. The van der Waals surface area contributed by atoms with Crippen LogP contribution in [0.1, 0.15) is 18.9 Å². The first-order valence-electron chi connectivity index (χ1n) is 6.30. The maximum Gasteiger partial charge on any atom is 0.240 e. The lowest BCUT2D eigenvalue weighted by molar-refractivity contribution is 0.302. The second-order valence-electron chi connectivity index (χ2n) is 4.13. The Bertz CT molecular complexity index is 618. The van der Waals surface area contributed by atoms with E-state index >= 15 is 0 Å². The first-order chi connectivity index (χ1) is 9.72. The number of hydrogen-bond acceptors (Lipinski definition) is 5. The van der Waals surface area contributed by atoms with Gasteiger partial charge in [-0.3, -0.25) is 0 Å². The van der Waals surface area contributed by atoms with Crippen molar-refractivity contribution in [1.29, 1.82) is 5.26 Å². The number of nitrogens with two attached hydrogens (primary N) is 1. The number of ether oxygens (including phenoxy) is 2. The molecular formula is C15H15N3O2. The number of benzene rings is 1. The summed E-state index contributed by atoms with van der Waals surface area (Å²) < 4.78 is 11.0. The van der Waals surface area contributed by atoms with Crippen LogP contribution in [0.3, 0.4) is 0 Å². The van der Waals surface area contributed by atoms with E-state index in [1.54, 1.807) is 36.4 Å². The summed E-state index contributed by atoms with van der Waals surface area (Å²) >= 11 is 0. The average Bonchev–Trinajstić information content (AvgIpc) is 2.48. The lowest BCUT2D eigenvalue weighted by Gasteiger charge is -2.09. The SMILES string of the molecule is CCCOc1nc(Oc2ccc(C#N)cc2)ccc1N. The minimum atomic E-state index is 0.373. The first kappa shape index (κ1) is 13.7. The molecule has 20 heavy (non-hydrogen) atoms. The molecule has 2 rings (SSSR count). The number of pyridine rings is 1. The summed E-state index contributed by atoms with van der Waals surface area (Å²) in [4.78, 5) is 4.21. The van der Waals surface area contributed by atoms with Crippen molar-refractivity contribution < 1.29 is 9.47 Å². The van der Waals surface area contributed by atoms with Gasteiger partial charge in [0.05, 0.1) is 23.9 Å². The second kappa shape index (κ2) is 6.43. The molecular weight excluding hydrogens is 254 g/mol. The topological polar surface area (TPSA) is 81.2 Å². The van der Waals surface area contributed by atoms with Crippen molar-refractivity contribution in [2.45, 2.75) is 13.3 Å². The normalized spacial score (nSPS) is 9.80. The van der Waals surface area contributed by atoms with Crippen LogP contribution in [-0.2, 0) is 0 Å². The van der Waals surface area contributed by atoms with Crippen molar-refractivity contribution in [1.82, 2.24) is 4.98 Å². The number of aromatic nitrogens is 1. The van der Waals surface area contributed by atoms with Gasteiger partial charge in [0.2, 0.25) is 11.8 Å². The van der Waals surface area contributed by atoms with Crippen LogP contribution in [0.25, 0.3) is 0 Å². The van der Waals surface area contributed by atoms with E-state index in [9.17, 15) is 0 Å². The molecule has 0 bridgehead atoms. The maximum absolute atomic E-state index is 8.73. The Hall–Kier alpha value is -2.74. The van der Waals surface area contributed by atoms with E-state index in [0.717, 1.165) is 6.42 Å². The molecule has 0 saturated heterocycles. The molecule has 2 aromatic rings. The third-order valence-corrected chi connectivity index (χ3v) is 2.51. The Morgan fingerprint density at radius 2 is 1.95 bits per heavy atom. The molecule has 0 fully saturated rings. The number of hydrogen-bond donors (Lipinski definition) is 1. The zero-order valence-corrected chi connectivity index (χ0v) is 11.2. The molecule has 1 aromatic heterocycles. The van der Waals surface area contributed by atoms with E-state index in [1.807, 2.05) is 6.92 Å². The fourth-order valence-corrected chi connectivity index (χ4v) is 1.52. The summed E-state index contributed by atoms with van der Waals surface area (Å²) in [6, 6.07) is 12.2. The highest BCUT2D eigenvalue weighted by Gasteiger charge is 2.06. The zero-order valence-electron chi connectivity index (χ0n) is 11.2. The number of nitrogen functional groups attached to an aromatic ring is 1. The maximum atomic E-state index is 8.73. The molecule has 0 saturated carbocycles. The van der Waals surface area contributed by atoms with E-state index in [1.165, 1.54) is 0 Å². The van der Waals surface area contributed by atoms with Gasteiger partial charge in [-0.25, -0.2) is 0 Å². The molecule has 2 N–H and O–H groups in total. The fraction of sp³-hybridized carbons (Fsp3) is 0.200. The van der Waals surface area contributed by atoms with Crippen molar-refractivity contribution in [2.75, 3.05) is 12.3 Å². The van der Waals surface area contributed by atoms with E-state index in [2.05, 4.69) is 11.1 Å². The molecule has 0 radical (unpaired) electrons. The third-order valence-electron chi connectivity index (χ3n) is 2.51. The van der Waals surface area contributed by atoms with Gasteiger partial charge in [-0.05, 0) is 36.8 Å². The summed E-state index contributed by atoms with van der Waals surface area (Å²) in [7, 11) is 0. The molecule has 1 aromatic carbocycles. The molecule has 0 amide bonds. The average molecular weight is 269 g/mol. The van der Waals surface area contributed by atoms with Gasteiger partial charge in [0.15, 0.2) is 0 Å². The van der Waals surface area contributed by atoms with Gasteiger partial charge in [-0.15, -0.1) is 0 Å². The van der Waals surface area contributed by atoms with Crippen LogP contribution < -0.4 is 15.2 Å². The molecule has 5 nitrogen and oxygen atoms in total. The summed E-state index contributed by atoms with van der Waals surface area (Å²) in [5, 5.41) is 8.73. The van der Waals surface area contributed by atoms with Crippen molar-refractivity contribution >= 4 is 5.69 Å². The highest BCUT2D eigenvalue weighted by Crippen LogP contribution is 2.26. The van der Waals surface area contributed by atoms with Gasteiger partial charge in [-0.1, -0.05) is 6.92 Å². The Balaban J connectivity index is 2.14. The predicted octanol–water partition coefficient (Wildman–Crippen LogP) is 3.12. The minimum Gasteiger partial charge on any atom is -0.476 e. The van der Waals surface area contributed by atoms with E-state index in [0.29, 0.717) is 35.4 Å². The lowest BCUT2D eigenvalue weighted by atomic mass is 10.2. The molecule has 0 aliphatic carbocycles. The number of rotatable bonds is 5. The Kier molecular flexibility index (Phi) is 4.40. The summed E-state index contributed by atoms with van der Waals surface area (Å²) in [5.41, 5.74) is 6.84. The quantitative estimate of drug-likeness (QED) is 0.901. The van der Waals surface area contributed by atoms with Crippen molar-refractivity contribution in [2.24, 2.45) is 0 Å². The third kappa shape index (κ3) is 3.39. The van der Waals surface area contributed by atoms with Gasteiger partial charge < -0.3 is 15.2 Å².